The lowest BCUT2D eigenvalue weighted by Crippen LogP contribution is -2.15. The summed E-state index contributed by atoms with van der Waals surface area (Å²) >= 11 is 0. The molecule has 1 heterocycles. The molecule has 0 radical (unpaired) electrons. The minimum absolute atomic E-state index is 0.407. The Morgan fingerprint density at radius 1 is 1.35 bits per heavy atom. The number of hydrogen-bond acceptors (Lipinski definition) is 3. The molecule has 0 amide bonds. The van der Waals surface area contributed by atoms with Crippen LogP contribution in [0, 0.1) is 0 Å². The van der Waals surface area contributed by atoms with Crippen molar-refractivity contribution in [3.8, 4) is 0 Å². The van der Waals surface area contributed by atoms with E-state index in [0.29, 0.717) is 11.5 Å². The van der Waals surface area contributed by atoms with E-state index in [9.17, 15) is 9.90 Å². The number of aliphatic hydroxyl groups is 1. The van der Waals surface area contributed by atoms with Crippen LogP contribution in [-0.2, 0) is 9.53 Å². The predicted molar refractivity (Wildman–Crippen MR) is 61.8 cm³/mol. The number of aliphatic carboxylic acids is 1. The highest BCUT2D eigenvalue weighted by Gasteiger charge is 2.19. The molecule has 0 spiro atoms. The summed E-state index contributed by atoms with van der Waals surface area (Å²) in [5.41, 5.74) is 1.53. The third kappa shape index (κ3) is 2.84. The highest BCUT2D eigenvalue weighted by molar-refractivity contribution is 5.74. The second-order valence-corrected chi connectivity index (χ2v) is 4.30. The lowest BCUT2D eigenvalue weighted by molar-refractivity contribution is -0.146. The van der Waals surface area contributed by atoms with Crippen LogP contribution in [0.5, 0.6) is 0 Å². The standard InChI is InChI=1S/C13H16O4/c14-12(13(15)16)11-3-1-2-10(8-11)9-4-6-17-7-5-9/h1-3,8-9,12,14H,4-7H2,(H,15,16). The number of carbonyl (C=O) groups is 1. The summed E-state index contributed by atoms with van der Waals surface area (Å²) in [5, 5.41) is 18.3. The molecule has 1 atom stereocenters. The summed E-state index contributed by atoms with van der Waals surface area (Å²) in [4.78, 5) is 10.7. The zero-order valence-corrected chi connectivity index (χ0v) is 9.50. The molecule has 4 nitrogen and oxygen atoms in total. The Morgan fingerprint density at radius 3 is 2.71 bits per heavy atom. The molecular formula is C13H16O4. The van der Waals surface area contributed by atoms with E-state index in [4.69, 9.17) is 9.84 Å². The largest absolute Gasteiger partial charge is 0.479 e. The SMILES string of the molecule is O=C(O)C(O)c1cccc(C2CCOCC2)c1. The molecule has 1 unspecified atom stereocenters. The van der Waals surface area contributed by atoms with E-state index in [1.54, 1.807) is 18.2 Å². The van der Waals surface area contributed by atoms with Gasteiger partial charge in [-0.2, -0.15) is 0 Å². The number of rotatable bonds is 3. The summed E-state index contributed by atoms with van der Waals surface area (Å²) in [5.74, 6) is -0.807. The van der Waals surface area contributed by atoms with Crippen LogP contribution in [0.1, 0.15) is 36.0 Å². The van der Waals surface area contributed by atoms with E-state index < -0.39 is 12.1 Å². The fraction of sp³-hybridized carbons (Fsp3) is 0.462. The Hall–Kier alpha value is -1.39. The van der Waals surface area contributed by atoms with Crippen molar-refractivity contribution in [2.45, 2.75) is 24.9 Å². The number of carboxylic acids is 1. The van der Waals surface area contributed by atoms with E-state index in [2.05, 4.69) is 0 Å². The van der Waals surface area contributed by atoms with E-state index in [0.717, 1.165) is 31.6 Å². The molecule has 4 heteroatoms. The normalized spacial score (nSPS) is 18.9. The van der Waals surface area contributed by atoms with Crippen molar-refractivity contribution in [2.75, 3.05) is 13.2 Å². The van der Waals surface area contributed by atoms with Gasteiger partial charge >= 0.3 is 5.97 Å². The van der Waals surface area contributed by atoms with Gasteiger partial charge in [-0.15, -0.1) is 0 Å². The van der Waals surface area contributed by atoms with Crippen molar-refractivity contribution >= 4 is 5.97 Å². The minimum Gasteiger partial charge on any atom is -0.479 e. The van der Waals surface area contributed by atoms with Gasteiger partial charge in [0.25, 0.3) is 0 Å². The van der Waals surface area contributed by atoms with E-state index in [-0.39, 0.29) is 0 Å². The third-order valence-electron chi connectivity index (χ3n) is 3.15. The molecule has 2 rings (SSSR count). The van der Waals surface area contributed by atoms with Crippen molar-refractivity contribution < 1.29 is 19.7 Å². The molecule has 1 aromatic carbocycles. The number of benzene rings is 1. The van der Waals surface area contributed by atoms with E-state index in [1.807, 2.05) is 6.07 Å². The van der Waals surface area contributed by atoms with Crippen molar-refractivity contribution in [1.29, 1.82) is 0 Å². The van der Waals surface area contributed by atoms with Gasteiger partial charge in [-0.05, 0) is 29.9 Å². The van der Waals surface area contributed by atoms with Gasteiger partial charge in [0.1, 0.15) is 0 Å². The number of carboxylic acid groups (broad SMARTS) is 1. The first kappa shape index (κ1) is 12.1. The Kier molecular flexibility index (Phi) is 3.76. The zero-order valence-electron chi connectivity index (χ0n) is 9.50. The highest BCUT2D eigenvalue weighted by Crippen LogP contribution is 2.28. The Balaban J connectivity index is 2.18. The van der Waals surface area contributed by atoms with Crippen molar-refractivity contribution in [1.82, 2.24) is 0 Å². The van der Waals surface area contributed by atoms with Gasteiger partial charge in [0.15, 0.2) is 6.10 Å². The average molecular weight is 236 g/mol. The van der Waals surface area contributed by atoms with Gasteiger partial charge in [-0.3, -0.25) is 0 Å². The van der Waals surface area contributed by atoms with Gasteiger partial charge < -0.3 is 14.9 Å². The van der Waals surface area contributed by atoms with Crippen molar-refractivity contribution in [3.63, 3.8) is 0 Å². The van der Waals surface area contributed by atoms with Crippen LogP contribution in [0.3, 0.4) is 0 Å². The molecular weight excluding hydrogens is 220 g/mol. The maximum Gasteiger partial charge on any atom is 0.337 e. The molecule has 0 bridgehead atoms. The first-order valence-electron chi connectivity index (χ1n) is 5.77. The minimum atomic E-state index is -1.44. The summed E-state index contributed by atoms with van der Waals surface area (Å²) in [6.07, 6.45) is 0.467. The van der Waals surface area contributed by atoms with Gasteiger partial charge in [0, 0.05) is 13.2 Å². The van der Waals surface area contributed by atoms with Crippen LogP contribution in [-0.4, -0.2) is 29.4 Å². The van der Waals surface area contributed by atoms with E-state index >= 15 is 0 Å². The van der Waals surface area contributed by atoms with Crippen LogP contribution >= 0.6 is 0 Å². The fourth-order valence-corrected chi connectivity index (χ4v) is 2.16. The quantitative estimate of drug-likeness (QED) is 0.838. The lowest BCUT2D eigenvalue weighted by atomic mass is 9.90. The Bertz CT molecular complexity index is 396. The van der Waals surface area contributed by atoms with Gasteiger partial charge in [-0.25, -0.2) is 4.79 Å². The van der Waals surface area contributed by atoms with Crippen LogP contribution in [0.4, 0.5) is 0 Å². The Labute approximate surface area is 99.8 Å². The maximum absolute atomic E-state index is 10.7. The van der Waals surface area contributed by atoms with Crippen LogP contribution in [0.25, 0.3) is 0 Å². The molecule has 1 fully saturated rings. The number of aliphatic hydroxyl groups excluding tert-OH is 1. The summed E-state index contributed by atoms with van der Waals surface area (Å²) < 4.78 is 5.29. The number of ether oxygens (including phenoxy) is 1. The Morgan fingerprint density at radius 2 is 2.06 bits per heavy atom. The van der Waals surface area contributed by atoms with Crippen molar-refractivity contribution in [3.05, 3.63) is 35.4 Å². The van der Waals surface area contributed by atoms with Crippen LogP contribution in [0.15, 0.2) is 24.3 Å². The summed E-state index contributed by atoms with van der Waals surface area (Å²) in [6.45, 7) is 1.49. The third-order valence-corrected chi connectivity index (χ3v) is 3.15. The topological polar surface area (TPSA) is 66.8 Å². The van der Waals surface area contributed by atoms with Crippen LogP contribution in [0.2, 0.25) is 0 Å². The molecule has 92 valence electrons. The van der Waals surface area contributed by atoms with Gasteiger partial charge in [-0.1, -0.05) is 24.3 Å². The second-order valence-electron chi connectivity index (χ2n) is 4.30. The first-order valence-corrected chi connectivity index (χ1v) is 5.77. The fourth-order valence-electron chi connectivity index (χ4n) is 2.16. The maximum atomic E-state index is 10.7. The highest BCUT2D eigenvalue weighted by atomic mass is 16.5. The molecule has 1 aliphatic heterocycles. The molecule has 1 aliphatic rings. The predicted octanol–water partition coefficient (Wildman–Crippen LogP) is 1.70. The summed E-state index contributed by atoms with van der Waals surface area (Å²) in [7, 11) is 0. The molecule has 0 aromatic heterocycles. The molecule has 0 aliphatic carbocycles. The molecule has 1 saturated heterocycles. The van der Waals surface area contributed by atoms with Gasteiger partial charge in [0.2, 0.25) is 0 Å². The number of hydrogen-bond donors (Lipinski definition) is 2. The lowest BCUT2D eigenvalue weighted by Gasteiger charge is -2.23. The van der Waals surface area contributed by atoms with E-state index in [1.165, 1.54) is 0 Å². The molecule has 1 aromatic rings. The van der Waals surface area contributed by atoms with Gasteiger partial charge in [0.05, 0.1) is 0 Å². The monoisotopic (exact) mass is 236 g/mol. The van der Waals surface area contributed by atoms with Crippen LogP contribution < -0.4 is 0 Å². The molecule has 17 heavy (non-hydrogen) atoms. The molecule has 2 N–H and O–H groups in total. The zero-order chi connectivity index (χ0) is 12.3. The smallest absolute Gasteiger partial charge is 0.337 e. The summed E-state index contributed by atoms with van der Waals surface area (Å²) in [6, 6.07) is 7.21. The first-order chi connectivity index (χ1) is 8.18. The van der Waals surface area contributed by atoms with Crippen molar-refractivity contribution in [2.24, 2.45) is 0 Å². The molecule has 0 saturated carbocycles. The second kappa shape index (κ2) is 5.29. The average Bonchev–Trinajstić information content (AvgIpc) is 2.39.